The van der Waals surface area contributed by atoms with Crippen LogP contribution in [-0.2, 0) is 6.54 Å². The summed E-state index contributed by atoms with van der Waals surface area (Å²) < 4.78 is 0. The van der Waals surface area contributed by atoms with Gasteiger partial charge in [0.25, 0.3) is 0 Å². The van der Waals surface area contributed by atoms with E-state index >= 15 is 0 Å². The molecule has 8 heteroatoms. The lowest BCUT2D eigenvalue weighted by atomic mass is 10.2. The number of hydrogen-bond acceptors (Lipinski definition) is 7. The molecule has 1 aromatic carbocycles. The fourth-order valence-corrected chi connectivity index (χ4v) is 2.35. The van der Waals surface area contributed by atoms with Gasteiger partial charge in [-0.2, -0.15) is 0 Å². The summed E-state index contributed by atoms with van der Waals surface area (Å²) in [5.41, 5.74) is 14.7. The van der Waals surface area contributed by atoms with E-state index in [9.17, 15) is 4.79 Å². The highest BCUT2D eigenvalue weighted by molar-refractivity contribution is 5.88. The second kappa shape index (κ2) is 5.99. The molecule has 0 aliphatic heterocycles. The first-order valence-corrected chi connectivity index (χ1v) is 7.16. The topological polar surface area (TPSA) is 131 Å². The van der Waals surface area contributed by atoms with Crippen LogP contribution >= 0.6 is 0 Å². The van der Waals surface area contributed by atoms with Crippen molar-refractivity contribution in [1.29, 1.82) is 0 Å². The average molecular weight is 324 g/mol. The molecule has 2 aromatic heterocycles. The summed E-state index contributed by atoms with van der Waals surface area (Å²) in [5, 5.41) is 8.94. The molecule has 5 N–H and O–H groups in total. The lowest BCUT2D eigenvalue weighted by Gasteiger charge is -2.19. The van der Waals surface area contributed by atoms with Crippen molar-refractivity contribution in [2.24, 2.45) is 0 Å². The Morgan fingerprint density at radius 2 is 1.92 bits per heavy atom. The number of hydrogen-bond donors (Lipinski definition) is 3. The summed E-state index contributed by atoms with van der Waals surface area (Å²) in [6.45, 7) is 0.485. The largest absolute Gasteiger partial charge is 0.478 e. The molecule has 0 atom stereocenters. The highest BCUT2D eigenvalue weighted by Crippen LogP contribution is 2.20. The van der Waals surface area contributed by atoms with Crippen LogP contribution in [-0.4, -0.2) is 33.1 Å². The average Bonchev–Trinajstić information content (AvgIpc) is 2.55. The zero-order valence-electron chi connectivity index (χ0n) is 13.0. The molecule has 3 aromatic rings. The molecule has 0 saturated heterocycles. The molecule has 24 heavy (non-hydrogen) atoms. The van der Waals surface area contributed by atoms with E-state index in [0.717, 1.165) is 5.69 Å². The number of pyridine rings is 1. The SMILES string of the molecule is CN(Cc1cnc2nc(N)cc(N)c2n1)c1ccc(C(=O)O)cc1. The molecule has 0 fully saturated rings. The molecular formula is C16H16N6O2. The quantitative estimate of drug-likeness (QED) is 0.658. The van der Waals surface area contributed by atoms with Crippen LogP contribution in [0.15, 0.2) is 36.5 Å². The Hall–Kier alpha value is -3.42. The van der Waals surface area contributed by atoms with Crippen molar-refractivity contribution in [3.05, 3.63) is 47.8 Å². The molecule has 0 radical (unpaired) electrons. The number of benzene rings is 1. The summed E-state index contributed by atoms with van der Waals surface area (Å²) in [6, 6.07) is 8.16. The van der Waals surface area contributed by atoms with E-state index in [2.05, 4.69) is 15.0 Å². The van der Waals surface area contributed by atoms with Gasteiger partial charge < -0.3 is 21.5 Å². The maximum Gasteiger partial charge on any atom is 0.335 e. The summed E-state index contributed by atoms with van der Waals surface area (Å²) in [5.74, 6) is -0.649. The predicted molar refractivity (Wildman–Crippen MR) is 91.7 cm³/mol. The molecule has 122 valence electrons. The maximum atomic E-state index is 10.9. The Labute approximate surface area is 137 Å². The van der Waals surface area contributed by atoms with Crippen molar-refractivity contribution in [2.75, 3.05) is 23.4 Å². The lowest BCUT2D eigenvalue weighted by Crippen LogP contribution is -2.17. The zero-order valence-corrected chi connectivity index (χ0v) is 13.0. The van der Waals surface area contributed by atoms with Gasteiger partial charge in [-0.05, 0) is 24.3 Å². The van der Waals surface area contributed by atoms with E-state index in [1.807, 2.05) is 11.9 Å². The second-order valence-corrected chi connectivity index (χ2v) is 5.38. The van der Waals surface area contributed by atoms with Crippen LogP contribution < -0.4 is 16.4 Å². The maximum absolute atomic E-state index is 10.9. The van der Waals surface area contributed by atoms with Gasteiger partial charge in [-0.25, -0.2) is 19.7 Å². The first-order chi connectivity index (χ1) is 11.4. The number of carbonyl (C=O) groups is 1. The Bertz CT molecular complexity index is 910. The van der Waals surface area contributed by atoms with Crippen molar-refractivity contribution in [3.8, 4) is 0 Å². The third-order valence-electron chi connectivity index (χ3n) is 3.57. The number of aromatic carboxylic acids is 1. The summed E-state index contributed by atoms with van der Waals surface area (Å²) in [6.07, 6.45) is 1.62. The minimum Gasteiger partial charge on any atom is -0.478 e. The molecule has 0 amide bonds. The van der Waals surface area contributed by atoms with Gasteiger partial charge in [0.2, 0.25) is 0 Å². The highest BCUT2D eigenvalue weighted by atomic mass is 16.4. The number of carboxylic acid groups (broad SMARTS) is 1. The molecule has 8 nitrogen and oxygen atoms in total. The van der Waals surface area contributed by atoms with Gasteiger partial charge in [0, 0.05) is 18.8 Å². The van der Waals surface area contributed by atoms with E-state index < -0.39 is 5.97 Å². The summed E-state index contributed by atoms with van der Waals surface area (Å²) in [4.78, 5) is 25.7. The number of aromatic nitrogens is 3. The van der Waals surface area contributed by atoms with Crippen LogP contribution in [0.2, 0.25) is 0 Å². The number of nitrogen functional groups attached to an aromatic ring is 2. The molecule has 0 saturated carbocycles. The van der Waals surface area contributed by atoms with Crippen LogP contribution in [0.25, 0.3) is 11.2 Å². The number of nitrogens with zero attached hydrogens (tertiary/aromatic N) is 4. The van der Waals surface area contributed by atoms with Crippen molar-refractivity contribution in [2.45, 2.75) is 6.54 Å². The van der Waals surface area contributed by atoms with Gasteiger partial charge in [-0.1, -0.05) is 0 Å². The highest BCUT2D eigenvalue weighted by Gasteiger charge is 2.09. The van der Waals surface area contributed by atoms with E-state index in [4.69, 9.17) is 16.6 Å². The van der Waals surface area contributed by atoms with E-state index in [0.29, 0.717) is 34.9 Å². The number of fused-ring (bicyclic) bond motifs is 1. The normalized spacial score (nSPS) is 10.7. The third kappa shape index (κ3) is 3.02. The lowest BCUT2D eigenvalue weighted by molar-refractivity contribution is 0.0697. The van der Waals surface area contributed by atoms with Gasteiger partial charge >= 0.3 is 5.97 Å². The molecular weight excluding hydrogens is 308 g/mol. The van der Waals surface area contributed by atoms with Crippen LogP contribution in [0.3, 0.4) is 0 Å². The Morgan fingerprint density at radius 1 is 1.21 bits per heavy atom. The fourth-order valence-electron chi connectivity index (χ4n) is 2.35. The van der Waals surface area contributed by atoms with E-state index in [-0.39, 0.29) is 5.56 Å². The summed E-state index contributed by atoms with van der Waals surface area (Å²) in [7, 11) is 1.88. The first-order valence-electron chi connectivity index (χ1n) is 7.16. The third-order valence-corrected chi connectivity index (χ3v) is 3.57. The van der Waals surface area contributed by atoms with E-state index in [1.54, 1.807) is 36.5 Å². The van der Waals surface area contributed by atoms with Gasteiger partial charge in [-0.3, -0.25) is 0 Å². The van der Waals surface area contributed by atoms with Gasteiger partial charge in [0.05, 0.1) is 29.7 Å². The predicted octanol–water partition coefficient (Wildman–Crippen LogP) is 1.52. The summed E-state index contributed by atoms with van der Waals surface area (Å²) >= 11 is 0. The van der Waals surface area contributed by atoms with Crippen molar-refractivity contribution < 1.29 is 9.90 Å². The van der Waals surface area contributed by atoms with Crippen molar-refractivity contribution in [1.82, 2.24) is 15.0 Å². The molecule has 0 aliphatic rings. The molecule has 0 aliphatic carbocycles. The molecule has 0 bridgehead atoms. The fraction of sp³-hybridized carbons (Fsp3) is 0.125. The zero-order chi connectivity index (χ0) is 17.3. The van der Waals surface area contributed by atoms with Crippen LogP contribution in [0.1, 0.15) is 16.1 Å². The molecule has 0 unspecified atom stereocenters. The van der Waals surface area contributed by atoms with Gasteiger partial charge in [-0.15, -0.1) is 0 Å². The Balaban J connectivity index is 1.84. The van der Waals surface area contributed by atoms with Crippen LogP contribution in [0.4, 0.5) is 17.2 Å². The number of carboxylic acids is 1. The van der Waals surface area contributed by atoms with Crippen LogP contribution in [0, 0.1) is 0 Å². The first kappa shape index (κ1) is 15.5. The van der Waals surface area contributed by atoms with Crippen molar-refractivity contribution >= 4 is 34.3 Å². The van der Waals surface area contributed by atoms with Crippen molar-refractivity contribution in [3.63, 3.8) is 0 Å². The number of anilines is 3. The van der Waals surface area contributed by atoms with Crippen LogP contribution in [0.5, 0.6) is 0 Å². The standard InChI is InChI=1S/C16H16N6O2/c1-22(11-4-2-9(3-5-11)16(23)24)8-10-7-19-15-14(20-10)12(17)6-13(18)21-15/h2-7H,8H2,1H3,(H,23,24)(H4,17,18,19,21). The number of rotatable bonds is 4. The minimum atomic E-state index is -0.952. The van der Waals surface area contributed by atoms with Gasteiger partial charge in [0.15, 0.2) is 5.65 Å². The Kier molecular flexibility index (Phi) is 3.87. The smallest absolute Gasteiger partial charge is 0.335 e. The molecule has 0 spiro atoms. The van der Waals surface area contributed by atoms with E-state index in [1.165, 1.54) is 0 Å². The van der Waals surface area contributed by atoms with Gasteiger partial charge in [0.1, 0.15) is 11.3 Å². The molecule has 3 rings (SSSR count). The number of nitrogens with two attached hydrogens (primary N) is 2. The monoisotopic (exact) mass is 324 g/mol. The second-order valence-electron chi connectivity index (χ2n) is 5.38. The minimum absolute atomic E-state index is 0.245. The molecule has 2 heterocycles. The Morgan fingerprint density at radius 3 is 2.58 bits per heavy atom.